The van der Waals surface area contributed by atoms with Gasteiger partial charge in [-0.05, 0) is 30.3 Å². The lowest BCUT2D eigenvalue weighted by Crippen LogP contribution is -2.17. The van der Waals surface area contributed by atoms with Crippen LogP contribution >= 0.6 is 11.6 Å². The normalized spacial score (nSPS) is 11.5. The molecular weight excluding hydrogens is 466 g/mol. The predicted molar refractivity (Wildman–Crippen MR) is 113 cm³/mol. The van der Waals surface area contributed by atoms with Crippen molar-refractivity contribution >= 4 is 33.0 Å². The van der Waals surface area contributed by atoms with Gasteiger partial charge in [0.25, 0.3) is 15.6 Å². The molecule has 8 nitrogen and oxygen atoms in total. The van der Waals surface area contributed by atoms with Crippen LogP contribution in [0.15, 0.2) is 64.7 Å². The molecule has 3 aromatic heterocycles. The zero-order chi connectivity index (χ0) is 23.0. The molecule has 4 aromatic rings. The Bertz CT molecular complexity index is 1510. The highest BCUT2D eigenvalue weighted by Gasteiger charge is 2.25. The first kappa shape index (κ1) is 21.7. The summed E-state index contributed by atoms with van der Waals surface area (Å²) in [7, 11) is -3.40. The maximum atomic E-state index is 14.0. The molecule has 0 aliphatic rings. The first-order valence-electron chi connectivity index (χ1n) is 8.89. The lowest BCUT2D eigenvalue weighted by molar-refractivity contribution is 0.400. The van der Waals surface area contributed by atoms with E-state index in [1.165, 1.54) is 36.2 Å². The molecule has 0 amide bonds. The second-order valence-corrected chi connectivity index (χ2v) is 8.52. The van der Waals surface area contributed by atoms with Gasteiger partial charge in [-0.15, -0.1) is 0 Å². The van der Waals surface area contributed by atoms with E-state index in [1.807, 2.05) is 0 Å². The highest BCUT2D eigenvalue weighted by molar-refractivity contribution is 7.92. The van der Waals surface area contributed by atoms with Crippen molar-refractivity contribution in [3.8, 4) is 17.0 Å². The summed E-state index contributed by atoms with van der Waals surface area (Å²) in [6.07, 6.45) is 4.07. The summed E-state index contributed by atoms with van der Waals surface area (Å²) in [6.45, 7) is 0. The number of sulfonamides is 1. The molecule has 0 bridgehead atoms. The second-order valence-electron chi connectivity index (χ2n) is 6.49. The van der Waals surface area contributed by atoms with Gasteiger partial charge in [0.2, 0.25) is 5.88 Å². The molecule has 1 N–H and O–H groups in total. The van der Waals surface area contributed by atoms with Crippen molar-refractivity contribution in [1.82, 2.24) is 14.4 Å². The Kier molecular flexibility index (Phi) is 5.53. The third-order valence-corrected chi connectivity index (χ3v) is 6.15. The lowest BCUT2D eigenvalue weighted by atomic mass is 10.1. The third-order valence-electron chi connectivity index (χ3n) is 4.47. The van der Waals surface area contributed by atoms with Crippen LogP contribution in [0.1, 0.15) is 0 Å². The van der Waals surface area contributed by atoms with E-state index >= 15 is 0 Å². The lowest BCUT2D eigenvalue weighted by Gasteiger charge is -2.14. The minimum Gasteiger partial charge on any atom is -0.480 e. The molecule has 1 aromatic carbocycles. The molecule has 0 saturated carbocycles. The number of pyridine rings is 2. The molecular formula is C20H13ClF2N4O4S. The van der Waals surface area contributed by atoms with E-state index in [4.69, 9.17) is 16.3 Å². The average molecular weight is 479 g/mol. The zero-order valence-corrected chi connectivity index (χ0v) is 17.8. The van der Waals surface area contributed by atoms with Crippen LogP contribution in [0.3, 0.4) is 0 Å². The molecule has 0 radical (unpaired) electrons. The predicted octanol–water partition coefficient (Wildman–Crippen LogP) is 3.50. The molecule has 0 aliphatic heterocycles. The Labute approximate surface area is 185 Å². The summed E-state index contributed by atoms with van der Waals surface area (Å²) < 4.78 is 61.8. The first-order chi connectivity index (χ1) is 15.2. The Balaban J connectivity index is 1.81. The molecule has 0 saturated heterocycles. The number of benzene rings is 1. The molecule has 3 heterocycles. The molecule has 0 spiro atoms. The molecule has 4 rings (SSSR count). The topological polar surface area (TPSA) is 103 Å². The maximum Gasteiger partial charge on any atom is 0.276 e. The molecule has 0 unspecified atom stereocenters. The van der Waals surface area contributed by atoms with Crippen LogP contribution in [0.5, 0.6) is 5.88 Å². The van der Waals surface area contributed by atoms with Gasteiger partial charge in [0.15, 0.2) is 4.90 Å². The van der Waals surface area contributed by atoms with Crippen molar-refractivity contribution in [2.75, 3.05) is 11.8 Å². The van der Waals surface area contributed by atoms with Crippen LogP contribution in [0.4, 0.5) is 14.5 Å². The van der Waals surface area contributed by atoms with Gasteiger partial charge in [0.05, 0.1) is 13.3 Å². The maximum absolute atomic E-state index is 14.0. The van der Waals surface area contributed by atoms with Gasteiger partial charge < -0.3 is 4.74 Å². The second kappa shape index (κ2) is 8.17. The van der Waals surface area contributed by atoms with Gasteiger partial charge in [-0.2, -0.15) is 0 Å². The standard InChI is InChI=1S/C20H13ClF2N4O4S/c1-31-19-16(26-32(29,30)18-14(22)3-2-4-15(18)23)7-12(8-25-19)11-5-6-17-24-9-13(21)20(28)27(17)10-11/h2-10,26H,1H3. The van der Waals surface area contributed by atoms with Crippen molar-refractivity contribution in [3.05, 3.63) is 82.0 Å². The monoisotopic (exact) mass is 478 g/mol. The van der Waals surface area contributed by atoms with Gasteiger partial charge in [-0.25, -0.2) is 27.2 Å². The Morgan fingerprint density at radius 3 is 2.47 bits per heavy atom. The minimum absolute atomic E-state index is 0.0760. The van der Waals surface area contributed by atoms with E-state index in [1.54, 1.807) is 12.1 Å². The van der Waals surface area contributed by atoms with Crippen LogP contribution in [0.25, 0.3) is 16.8 Å². The fraction of sp³-hybridized carbons (Fsp3) is 0.0500. The van der Waals surface area contributed by atoms with Crippen molar-refractivity contribution in [3.63, 3.8) is 0 Å². The third kappa shape index (κ3) is 3.87. The van der Waals surface area contributed by atoms with Crippen LogP contribution < -0.4 is 15.0 Å². The number of anilines is 1. The average Bonchev–Trinajstić information content (AvgIpc) is 2.75. The summed E-state index contributed by atoms with van der Waals surface area (Å²) in [4.78, 5) is 19.2. The summed E-state index contributed by atoms with van der Waals surface area (Å²) in [6, 6.07) is 7.26. The van der Waals surface area contributed by atoms with Crippen LogP contribution in [-0.4, -0.2) is 29.9 Å². The van der Waals surface area contributed by atoms with Crippen molar-refractivity contribution in [1.29, 1.82) is 0 Å². The van der Waals surface area contributed by atoms with Gasteiger partial charge in [0, 0.05) is 23.5 Å². The van der Waals surface area contributed by atoms with E-state index in [9.17, 15) is 22.0 Å². The fourth-order valence-corrected chi connectivity index (χ4v) is 4.33. The number of rotatable bonds is 5. The Hall–Kier alpha value is -3.57. The molecule has 32 heavy (non-hydrogen) atoms. The number of methoxy groups -OCH3 is 1. The van der Waals surface area contributed by atoms with E-state index in [2.05, 4.69) is 14.7 Å². The van der Waals surface area contributed by atoms with Crippen molar-refractivity contribution in [2.45, 2.75) is 4.90 Å². The van der Waals surface area contributed by atoms with E-state index in [0.29, 0.717) is 16.8 Å². The number of halogens is 3. The Morgan fingerprint density at radius 1 is 1.06 bits per heavy atom. The number of fused-ring (bicyclic) bond motifs is 1. The van der Waals surface area contributed by atoms with Crippen LogP contribution in [0, 0.1) is 11.6 Å². The van der Waals surface area contributed by atoms with Crippen LogP contribution in [0.2, 0.25) is 5.02 Å². The number of ether oxygens (including phenoxy) is 1. The minimum atomic E-state index is -4.66. The first-order valence-corrected chi connectivity index (χ1v) is 10.8. The van der Waals surface area contributed by atoms with Gasteiger partial charge in [-0.3, -0.25) is 13.9 Å². The van der Waals surface area contributed by atoms with Gasteiger partial charge >= 0.3 is 0 Å². The van der Waals surface area contributed by atoms with E-state index < -0.39 is 32.1 Å². The van der Waals surface area contributed by atoms with E-state index in [0.717, 1.165) is 18.2 Å². The molecule has 164 valence electrons. The Morgan fingerprint density at radius 2 is 1.78 bits per heavy atom. The quantitative estimate of drug-likeness (QED) is 0.471. The van der Waals surface area contributed by atoms with Crippen LogP contribution in [-0.2, 0) is 10.0 Å². The fourth-order valence-electron chi connectivity index (χ4n) is 3.01. The molecule has 0 aliphatic carbocycles. The zero-order valence-electron chi connectivity index (χ0n) is 16.2. The van der Waals surface area contributed by atoms with Crippen molar-refractivity contribution in [2.24, 2.45) is 0 Å². The SMILES string of the molecule is COc1ncc(-c2ccc3ncc(Cl)c(=O)n3c2)cc1NS(=O)(=O)c1c(F)cccc1F. The number of hydrogen-bond acceptors (Lipinski definition) is 6. The van der Waals surface area contributed by atoms with Crippen molar-refractivity contribution < 1.29 is 21.9 Å². The summed E-state index contributed by atoms with van der Waals surface area (Å²) in [5.74, 6) is -2.63. The van der Waals surface area contributed by atoms with Gasteiger partial charge in [-0.1, -0.05) is 17.7 Å². The largest absolute Gasteiger partial charge is 0.480 e. The number of hydrogen-bond donors (Lipinski definition) is 1. The highest BCUT2D eigenvalue weighted by Crippen LogP contribution is 2.31. The number of aromatic nitrogens is 3. The smallest absolute Gasteiger partial charge is 0.276 e. The summed E-state index contributed by atoms with van der Waals surface area (Å²) >= 11 is 5.84. The summed E-state index contributed by atoms with van der Waals surface area (Å²) in [5.41, 5.74) is 0.545. The van der Waals surface area contributed by atoms with Gasteiger partial charge in [0.1, 0.15) is 28.0 Å². The summed E-state index contributed by atoms with van der Waals surface area (Å²) in [5, 5.41) is -0.0760. The molecule has 0 fully saturated rings. The number of nitrogens with zero attached hydrogens (tertiary/aromatic N) is 3. The highest BCUT2D eigenvalue weighted by atomic mass is 35.5. The molecule has 12 heteroatoms. The number of nitrogens with one attached hydrogen (secondary N) is 1. The molecule has 0 atom stereocenters. The van der Waals surface area contributed by atoms with E-state index in [-0.39, 0.29) is 16.6 Å².